The highest BCUT2D eigenvalue weighted by atomic mass is 79.9. The quantitative estimate of drug-likeness (QED) is 0.920. The van der Waals surface area contributed by atoms with Crippen molar-refractivity contribution >= 4 is 27.6 Å². The van der Waals surface area contributed by atoms with Crippen molar-refractivity contribution < 1.29 is 9.90 Å². The summed E-state index contributed by atoms with van der Waals surface area (Å²) in [6, 6.07) is 6.62. The maximum Gasteiger partial charge on any atom is 0.336 e. The van der Waals surface area contributed by atoms with E-state index in [1.165, 1.54) is 12.8 Å². The Bertz CT molecular complexity index is 461. The van der Waals surface area contributed by atoms with Gasteiger partial charge in [0.05, 0.1) is 5.56 Å². The highest BCUT2D eigenvalue weighted by Crippen LogP contribution is 2.34. The van der Waals surface area contributed by atoms with E-state index in [4.69, 9.17) is 5.11 Å². The van der Waals surface area contributed by atoms with Gasteiger partial charge in [-0.15, -0.1) is 0 Å². The van der Waals surface area contributed by atoms with Gasteiger partial charge in [0.15, 0.2) is 0 Å². The summed E-state index contributed by atoms with van der Waals surface area (Å²) in [5.74, 6) is -0.894. The van der Waals surface area contributed by atoms with Gasteiger partial charge in [0, 0.05) is 22.2 Å². The molecule has 0 saturated carbocycles. The fourth-order valence-electron chi connectivity index (χ4n) is 2.78. The van der Waals surface area contributed by atoms with Crippen LogP contribution in [0.5, 0.6) is 0 Å². The van der Waals surface area contributed by atoms with Crippen LogP contribution in [0.3, 0.4) is 0 Å². The minimum Gasteiger partial charge on any atom is -0.478 e. The summed E-state index contributed by atoms with van der Waals surface area (Å²) in [4.78, 5) is 13.4. The zero-order valence-electron chi connectivity index (χ0n) is 10.7. The molecular weight excluding hydrogens is 294 g/mol. The maximum absolute atomic E-state index is 11.0. The van der Waals surface area contributed by atoms with E-state index < -0.39 is 5.97 Å². The van der Waals surface area contributed by atoms with Gasteiger partial charge in [0.1, 0.15) is 0 Å². The molecule has 0 aliphatic carbocycles. The zero-order valence-corrected chi connectivity index (χ0v) is 12.3. The smallest absolute Gasteiger partial charge is 0.336 e. The third-order valence-corrected chi connectivity index (χ3v) is 4.39. The molecule has 1 fully saturated rings. The largest absolute Gasteiger partial charge is 0.478 e. The van der Waals surface area contributed by atoms with Crippen LogP contribution >= 0.6 is 15.9 Å². The Hall–Kier alpha value is -1.03. The number of carbonyl (C=O) groups is 1. The monoisotopic (exact) mass is 311 g/mol. The SMILES string of the molecule is CCC1CCC(C)N1c1ccc(C(=O)O)c(Br)c1. The molecule has 2 unspecified atom stereocenters. The van der Waals surface area contributed by atoms with Gasteiger partial charge in [0.25, 0.3) is 0 Å². The summed E-state index contributed by atoms with van der Waals surface area (Å²) in [6.07, 6.45) is 3.55. The number of hydrogen-bond acceptors (Lipinski definition) is 2. The van der Waals surface area contributed by atoms with Gasteiger partial charge in [-0.2, -0.15) is 0 Å². The van der Waals surface area contributed by atoms with Crippen molar-refractivity contribution in [2.45, 2.75) is 45.2 Å². The summed E-state index contributed by atoms with van der Waals surface area (Å²) in [6.45, 7) is 4.44. The number of anilines is 1. The van der Waals surface area contributed by atoms with E-state index in [0.717, 1.165) is 12.1 Å². The average molecular weight is 312 g/mol. The second-order valence-electron chi connectivity index (χ2n) is 4.87. The van der Waals surface area contributed by atoms with Crippen LogP contribution in [0.25, 0.3) is 0 Å². The van der Waals surface area contributed by atoms with Gasteiger partial charge >= 0.3 is 5.97 Å². The van der Waals surface area contributed by atoms with Crippen molar-refractivity contribution in [2.75, 3.05) is 4.90 Å². The summed E-state index contributed by atoms with van der Waals surface area (Å²) >= 11 is 3.35. The lowest BCUT2D eigenvalue weighted by atomic mass is 10.1. The average Bonchev–Trinajstić information content (AvgIpc) is 2.69. The first-order chi connectivity index (χ1) is 8.54. The summed E-state index contributed by atoms with van der Waals surface area (Å²) in [5.41, 5.74) is 1.43. The first-order valence-corrected chi connectivity index (χ1v) is 7.15. The van der Waals surface area contributed by atoms with Gasteiger partial charge in [-0.05, 0) is 60.3 Å². The molecule has 2 atom stereocenters. The topological polar surface area (TPSA) is 40.5 Å². The molecule has 0 aromatic heterocycles. The highest BCUT2D eigenvalue weighted by Gasteiger charge is 2.29. The third-order valence-electron chi connectivity index (χ3n) is 3.74. The van der Waals surface area contributed by atoms with E-state index >= 15 is 0 Å². The lowest BCUT2D eigenvalue weighted by Gasteiger charge is -2.30. The van der Waals surface area contributed by atoms with Gasteiger partial charge in [-0.1, -0.05) is 6.92 Å². The van der Waals surface area contributed by atoms with E-state index in [-0.39, 0.29) is 0 Å². The van der Waals surface area contributed by atoms with E-state index in [0.29, 0.717) is 22.1 Å². The molecular formula is C14H18BrNO2. The molecule has 0 amide bonds. The molecule has 1 heterocycles. The first kappa shape index (κ1) is 13.4. The van der Waals surface area contributed by atoms with Crippen molar-refractivity contribution in [3.8, 4) is 0 Å². The zero-order chi connectivity index (χ0) is 13.3. The van der Waals surface area contributed by atoms with Crippen LogP contribution < -0.4 is 4.90 Å². The van der Waals surface area contributed by atoms with Crippen molar-refractivity contribution in [1.82, 2.24) is 0 Å². The lowest BCUT2D eigenvalue weighted by molar-refractivity contribution is 0.0696. The van der Waals surface area contributed by atoms with Gasteiger partial charge < -0.3 is 10.0 Å². The summed E-state index contributed by atoms with van der Waals surface area (Å²) < 4.78 is 0.654. The van der Waals surface area contributed by atoms with E-state index in [1.54, 1.807) is 6.07 Å². The van der Waals surface area contributed by atoms with Gasteiger partial charge in [-0.3, -0.25) is 0 Å². The molecule has 1 aliphatic heterocycles. The molecule has 1 aromatic carbocycles. The number of carboxylic acid groups (broad SMARTS) is 1. The number of aromatic carboxylic acids is 1. The van der Waals surface area contributed by atoms with Crippen molar-refractivity contribution in [3.63, 3.8) is 0 Å². The summed E-state index contributed by atoms with van der Waals surface area (Å²) in [5, 5.41) is 9.03. The van der Waals surface area contributed by atoms with Crippen molar-refractivity contribution in [2.24, 2.45) is 0 Å². The molecule has 4 heteroatoms. The summed E-state index contributed by atoms with van der Waals surface area (Å²) in [7, 11) is 0. The normalized spacial score (nSPS) is 23.4. The predicted molar refractivity (Wildman–Crippen MR) is 76.4 cm³/mol. The standard InChI is InChI=1S/C14H18BrNO2/c1-3-10-5-4-9(2)16(10)11-6-7-12(14(17)18)13(15)8-11/h6-10H,3-5H2,1-2H3,(H,17,18). The third kappa shape index (κ3) is 2.39. The molecule has 98 valence electrons. The second-order valence-corrected chi connectivity index (χ2v) is 5.72. The first-order valence-electron chi connectivity index (χ1n) is 6.35. The van der Waals surface area contributed by atoms with Crippen LogP contribution in [0.2, 0.25) is 0 Å². The van der Waals surface area contributed by atoms with Gasteiger partial charge in [-0.25, -0.2) is 4.79 Å². The molecule has 1 N–H and O–H groups in total. The Kier molecular flexibility index (Phi) is 3.95. The molecule has 18 heavy (non-hydrogen) atoms. The lowest BCUT2D eigenvalue weighted by Crippen LogP contribution is -2.34. The molecule has 1 aliphatic rings. The van der Waals surface area contributed by atoms with Crippen molar-refractivity contribution in [1.29, 1.82) is 0 Å². The fraction of sp³-hybridized carbons (Fsp3) is 0.500. The Labute approximate surface area is 116 Å². The van der Waals surface area contributed by atoms with E-state index in [9.17, 15) is 4.79 Å². The Balaban J connectivity index is 2.33. The van der Waals surface area contributed by atoms with Gasteiger partial charge in [0.2, 0.25) is 0 Å². The maximum atomic E-state index is 11.0. The molecule has 0 spiro atoms. The molecule has 3 nitrogen and oxygen atoms in total. The van der Waals surface area contributed by atoms with Crippen molar-refractivity contribution in [3.05, 3.63) is 28.2 Å². The molecule has 2 rings (SSSR count). The predicted octanol–water partition coefficient (Wildman–Crippen LogP) is 3.91. The number of nitrogens with zero attached hydrogens (tertiary/aromatic N) is 1. The minimum absolute atomic E-state index is 0.318. The van der Waals surface area contributed by atoms with E-state index in [2.05, 4.69) is 34.7 Å². The number of rotatable bonds is 3. The fourth-order valence-corrected chi connectivity index (χ4v) is 3.31. The van der Waals surface area contributed by atoms with Crippen LogP contribution in [0.4, 0.5) is 5.69 Å². The molecule has 1 saturated heterocycles. The molecule has 1 aromatic rings. The number of carboxylic acids is 1. The number of hydrogen-bond donors (Lipinski definition) is 1. The van der Waals surface area contributed by atoms with Crippen LogP contribution in [0.15, 0.2) is 22.7 Å². The second kappa shape index (κ2) is 5.31. The van der Waals surface area contributed by atoms with Crippen LogP contribution in [0.1, 0.15) is 43.5 Å². The number of benzene rings is 1. The molecule has 0 radical (unpaired) electrons. The Morgan fingerprint density at radius 1 is 1.50 bits per heavy atom. The minimum atomic E-state index is -0.894. The Morgan fingerprint density at radius 2 is 2.22 bits per heavy atom. The highest BCUT2D eigenvalue weighted by molar-refractivity contribution is 9.10. The van der Waals surface area contributed by atoms with Crippen LogP contribution in [-0.2, 0) is 0 Å². The van der Waals surface area contributed by atoms with Crippen LogP contribution in [0, 0.1) is 0 Å². The van der Waals surface area contributed by atoms with E-state index in [1.807, 2.05) is 12.1 Å². The Morgan fingerprint density at radius 3 is 2.78 bits per heavy atom. The van der Waals surface area contributed by atoms with Crippen LogP contribution in [-0.4, -0.2) is 23.2 Å². The molecule has 0 bridgehead atoms. The number of halogens is 1.